The second-order valence-electron chi connectivity index (χ2n) is 8.14. The van der Waals surface area contributed by atoms with Crippen LogP contribution in [0.15, 0.2) is 29.2 Å². The first kappa shape index (κ1) is 18.9. The molecule has 1 amide bonds. The van der Waals surface area contributed by atoms with Crippen molar-refractivity contribution in [3.63, 3.8) is 0 Å². The van der Waals surface area contributed by atoms with Crippen LogP contribution in [0.5, 0.6) is 0 Å². The molecule has 4 rings (SSSR count). The van der Waals surface area contributed by atoms with Crippen molar-refractivity contribution in [2.24, 2.45) is 17.8 Å². The molecule has 0 spiro atoms. The summed E-state index contributed by atoms with van der Waals surface area (Å²) in [6.07, 6.45) is 5.19. The normalized spacial score (nSPS) is 29.6. The third kappa shape index (κ3) is 3.77. The molecule has 7 heteroatoms. The lowest BCUT2D eigenvalue weighted by Crippen LogP contribution is -2.41. The number of carbonyl (C=O) groups is 1. The number of hydrogen-bond donors (Lipinski definition) is 1. The number of nitrogens with one attached hydrogen (secondary N) is 1. The minimum absolute atomic E-state index is 0.124. The van der Waals surface area contributed by atoms with Crippen molar-refractivity contribution in [2.75, 3.05) is 26.3 Å². The first-order chi connectivity index (χ1) is 12.9. The van der Waals surface area contributed by atoms with E-state index in [1.54, 1.807) is 12.1 Å². The van der Waals surface area contributed by atoms with Gasteiger partial charge in [0.2, 0.25) is 10.0 Å². The highest BCUT2D eigenvalue weighted by molar-refractivity contribution is 7.89. The number of rotatable bonds is 5. The molecule has 27 heavy (non-hydrogen) atoms. The maximum absolute atomic E-state index is 12.7. The van der Waals surface area contributed by atoms with Crippen LogP contribution in [-0.4, -0.2) is 51.0 Å². The lowest BCUT2D eigenvalue weighted by molar-refractivity contribution is 0.0730. The Balaban J connectivity index is 1.40. The van der Waals surface area contributed by atoms with Gasteiger partial charge in [-0.15, -0.1) is 0 Å². The molecule has 0 aromatic heterocycles. The van der Waals surface area contributed by atoms with E-state index in [2.05, 4.69) is 12.2 Å². The standard InChI is InChI=1S/C20H28N2O4S/c1-14(19-13-15-2-3-17(19)12-15)21-20(23)16-4-6-18(7-5-16)27(24,25)22-8-10-26-11-9-22/h4-7,14-15,17,19H,2-3,8-13H2,1H3,(H,21,23)/t14-,15-,17-,19+/m0/s1. The lowest BCUT2D eigenvalue weighted by atomic mass is 9.84. The summed E-state index contributed by atoms with van der Waals surface area (Å²) >= 11 is 0. The van der Waals surface area contributed by atoms with E-state index in [4.69, 9.17) is 4.74 Å². The Kier molecular flexibility index (Phi) is 5.27. The molecule has 1 aliphatic heterocycles. The lowest BCUT2D eigenvalue weighted by Gasteiger charge is -2.28. The highest BCUT2D eigenvalue weighted by Crippen LogP contribution is 2.49. The molecule has 1 N–H and O–H groups in total. The number of sulfonamides is 1. The molecular formula is C20H28N2O4S. The van der Waals surface area contributed by atoms with Crippen LogP contribution in [0.3, 0.4) is 0 Å². The van der Waals surface area contributed by atoms with Gasteiger partial charge in [-0.1, -0.05) is 6.42 Å². The monoisotopic (exact) mass is 392 g/mol. The van der Waals surface area contributed by atoms with Gasteiger partial charge < -0.3 is 10.1 Å². The number of nitrogens with zero attached hydrogens (tertiary/aromatic N) is 1. The van der Waals surface area contributed by atoms with E-state index >= 15 is 0 Å². The maximum atomic E-state index is 12.7. The van der Waals surface area contributed by atoms with E-state index in [-0.39, 0.29) is 16.8 Å². The van der Waals surface area contributed by atoms with Crippen LogP contribution < -0.4 is 5.32 Å². The largest absolute Gasteiger partial charge is 0.379 e. The fourth-order valence-corrected chi connectivity index (χ4v) is 6.43. The van der Waals surface area contributed by atoms with E-state index in [0.29, 0.717) is 37.8 Å². The van der Waals surface area contributed by atoms with Crippen LogP contribution >= 0.6 is 0 Å². The molecule has 2 saturated carbocycles. The number of fused-ring (bicyclic) bond motifs is 2. The van der Waals surface area contributed by atoms with E-state index in [0.717, 1.165) is 11.8 Å². The van der Waals surface area contributed by atoms with Crippen molar-refractivity contribution >= 4 is 15.9 Å². The van der Waals surface area contributed by atoms with Gasteiger partial charge >= 0.3 is 0 Å². The molecule has 6 nitrogen and oxygen atoms in total. The summed E-state index contributed by atoms with van der Waals surface area (Å²) in [5.41, 5.74) is 0.505. The number of morpholine rings is 1. The summed E-state index contributed by atoms with van der Waals surface area (Å²) in [4.78, 5) is 12.8. The van der Waals surface area contributed by atoms with Crippen LogP contribution in [0.2, 0.25) is 0 Å². The first-order valence-electron chi connectivity index (χ1n) is 9.94. The smallest absolute Gasteiger partial charge is 0.251 e. The Hall–Kier alpha value is -1.44. The molecule has 1 aromatic carbocycles. The molecule has 1 saturated heterocycles. The van der Waals surface area contributed by atoms with Gasteiger partial charge in [0, 0.05) is 24.7 Å². The van der Waals surface area contributed by atoms with Crippen molar-refractivity contribution in [3.05, 3.63) is 29.8 Å². The Morgan fingerprint density at radius 1 is 1.15 bits per heavy atom. The van der Waals surface area contributed by atoms with Crippen LogP contribution in [-0.2, 0) is 14.8 Å². The fraction of sp³-hybridized carbons (Fsp3) is 0.650. The van der Waals surface area contributed by atoms with Gasteiger partial charge in [-0.25, -0.2) is 8.42 Å². The Bertz CT molecular complexity index is 787. The number of carbonyl (C=O) groups excluding carboxylic acids is 1. The maximum Gasteiger partial charge on any atom is 0.251 e. The molecule has 3 aliphatic rings. The highest BCUT2D eigenvalue weighted by atomic mass is 32.2. The summed E-state index contributed by atoms with van der Waals surface area (Å²) in [7, 11) is -3.52. The van der Waals surface area contributed by atoms with E-state index in [1.807, 2.05) is 0 Å². The molecule has 0 unspecified atom stereocenters. The average molecular weight is 393 g/mol. The molecule has 1 aromatic rings. The Morgan fingerprint density at radius 2 is 1.85 bits per heavy atom. The highest BCUT2D eigenvalue weighted by Gasteiger charge is 2.42. The minimum atomic E-state index is -3.52. The molecule has 148 valence electrons. The topological polar surface area (TPSA) is 75.7 Å². The molecule has 0 radical (unpaired) electrons. The summed E-state index contributed by atoms with van der Waals surface area (Å²) in [6, 6.07) is 6.43. The quantitative estimate of drug-likeness (QED) is 0.834. The fourth-order valence-electron chi connectivity index (χ4n) is 5.02. The predicted molar refractivity (Wildman–Crippen MR) is 102 cm³/mol. The zero-order valence-corrected chi connectivity index (χ0v) is 16.6. The van der Waals surface area contributed by atoms with E-state index < -0.39 is 10.0 Å². The third-order valence-electron chi connectivity index (χ3n) is 6.52. The molecule has 2 aliphatic carbocycles. The number of ether oxygens (including phenoxy) is 1. The van der Waals surface area contributed by atoms with Crippen molar-refractivity contribution in [1.29, 1.82) is 0 Å². The van der Waals surface area contributed by atoms with Gasteiger partial charge in [-0.3, -0.25) is 4.79 Å². The molecule has 2 bridgehead atoms. The van der Waals surface area contributed by atoms with Crippen molar-refractivity contribution in [3.8, 4) is 0 Å². The third-order valence-corrected chi connectivity index (χ3v) is 8.43. The van der Waals surface area contributed by atoms with Crippen molar-refractivity contribution in [1.82, 2.24) is 9.62 Å². The van der Waals surface area contributed by atoms with Crippen LogP contribution in [0, 0.1) is 17.8 Å². The van der Waals surface area contributed by atoms with Crippen molar-refractivity contribution < 1.29 is 17.9 Å². The van der Waals surface area contributed by atoms with Crippen molar-refractivity contribution in [2.45, 2.75) is 43.5 Å². The van der Waals surface area contributed by atoms with E-state index in [9.17, 15) is 13.2 Å². The van der Waals surface area contributed by atoms with Gasteiger partial charge in [0.1, 0.15) is 0 Å². The second kappa shape index (κ2) is 7.53. The van der Waals surface area contributed by atoms with Crippen LogP contribution in [0.4, 0.5) is 0 Å². The van der Waals surface area contributed by atoms with Gasteiger partial charge in [0.25, 0.3) is 5.91 Å². The van der Waals surface area contributed by atoms with Crippen LogP contribution in [0.1, 0.15) is 43.0 Å². The summed E-state index contributed by atoms with van der Waals surface area (Å²) < 4.78 is 32.0. The average Bonchev–Trinajstić information content (AvgIpc) is 3.32. The zero-order chi connectivity index (χ0) is 19.0. The molecular weight excluding hydrogens is 364 g/mol. The van der Waals surface area contributed by atoms with Gasteiger partial charge in [-0.2, -0.15) is 4.31 Å². The Morgan fingerprint density at radius 3 is 2.44 bits per heavy atom. The number of benzene rings is 1. The first-order valence-corrected chi connectivity index (χ1v) is 11.4. The summed E-state index contributed by atoms with van der Waals surface area (Å²) in [5, 5.41) is 3.13. The summed E-state index contributed by atoms with van der Waals surface area (Å²) in [5.74, 6) is 2.06. The van der Waals surface area contributed by atoms with Gasteiger partial charge in [0.05, 0.1) is 18.1 Å². The molecule has 3 fully saturated rings. The summed E-state index contributed by atoms with van der Waals surface area (Å²) in [6.45, 7) is 3.67. The van der Waals surface area contributed by atoms with Gasteiger partial charge in [-0.05, 0) is 68.2 Å². The zero-order valence-electron chi connectivity index (χ0n) is 15.8. The van der Waals surface area contributed by atoms with E-state index in [1.165, 1.54) is 42.1 Å². The molecule has 1 heterocycles. The predicted octanol–water partition coefficient (Wildman–Crippen LogP) is 2.26. The Labute approximate surface area is 161 Å². The van der Waals surface area contributed by atoms with Crippen LogP contribution in [0.25, 0.3) is 0 Å². The minimum Gasteiger partial charge on any atom is -0.379 e. The molecule has 4 atom stereocenters. The second-order valence-corrected chi connectivity index (χ2v) is 10.1. The SMILES string of the molecule is C[C@H](NC(=O)c1ccc(S(=O)(=O)N2CCOCC2)cc1)[C@H]1C[C@H]2CC[C@H]1C2. The number of hydrogen-bond acceptors (Lipinski definition) is 4. The number of amides is 1. The van der Waals surface area contributed by atoms with Gasteiger partial charge in [0.15, 0.2) is 0 Å².